The Hall–Kier alpha value is -2.37. The van der Waals surface area contributed by atoms with Gasteiger partial charge in [0, 0.05) is 37.3 Å². The van der Waals surface area contributed by atoms with Crippen molar-refractivity contribution in [3.63, 3.8) is 0 Å². The lowest BCUT2D eigenvalue weighted by atomic mass is 10.0. The van der Waals surface area contributed by atoms with Gasteiger partial charge in [-0.2, -0.15) is 0 Å². The van der Waals surface area contributed by atoms with E-state index in [0.717, 1.165) is 63.2 Å². The molecule has 0 spiro atoms. The second kappa shape index (κ2) is 8.78. The number of likely N-dealkylation sites (tertiary alicyclic amines) is 1. The van der Waals surface area contributed by atoms with E-state index in [-0.39, 0.29) is 11.9 Å². The zero-order chi connectivity index (χ0) is 20.3. The average Bonchev–Trinajstić information content (AvgIpc) is 3.09. The number of carbonyl (C=O) groups excluding carboxylic acids is 1. The molecule has 1 atom stereocenters. The first-order chi connectivity index (χ1) is 14.7. The van der Waals surface area contributed by atoms with Crippen LogP contribution in [0.25, 0.3) is 0 Å². The minimum Gasteiger partial charge on any atom is -0.492 e. The number of nitrogens with one attached hydrogen (secondary N) is 1. The van der Waals surface area contributed by atoms with Gasteiger partial charge in [-0.05, 0) is 49.4 Å². The van der Waals surface area contributed by atoms with Crippen LogP contribution in [0.1, 0.15) is 29.5 Å². The van der Waals surface area contributed by atoms with Crippen molar-refractivity contribution in [2.24, 2.45) is 0 Å². The molecule has 1 fully saturated rings. The molecule has 2 aromatic rings. The number of ether oxygens (including phenoxy) is 1. The Bertz CT molecular complexity index is 874. The number of piperidine rings is 1. The summed E-state index contributed by atoms with van der Waals surface area (Å²) in [6.07, 6.45) is 4.52. The van der Waals surface area contributed by atoms with Crippen molar-refractivity contribution in [2.45, 2.75) is 44.3 Å². The Morgan fingerprint density at radius 3 is 2.53 bits per heavy atom. The first-order valence-corrected chi connectivity index (χ1v) is 11.3. The lowest BCUT2D eigenvalue weighted by molar-refractivity contribution is -0.123. The molecule has 30 heavy (non-hydrogen) atoms. The number of nitrogens with zero attached hydrogens (tertiary/aromatic N) is 2. The fourth-order valence-corrected chi connectivity index (χ4v) is 5.24. The molecule has 0 saturated carbocycles. The lowest BCUT2D eigenvalue weighted by Crippen LogP contribution is -2.52. The Morgan fingerprint density at radius 1 is 1.00 bits per heavy atom. The van der Waals surface area contributed by atoms with Crippen LogP contribution in [-0.2, 0) is 24.2 Å². The molecular weight excluding hydrogens is 374 g/mol. The van der Waals surface area contributed by atoms with Crippen LogP contribution in [0.3, 0.4) is 0 Å². The maximum Gasteiger partial charge on any atom is 0.234 e. The van der Waals surface area contributed by atoms with Crippen molar-refractivity contribution < 1.29 is 9.53 Å². The maximum absolute atomic E-state index is 12.8. The summed E-state index contributed by atoms with van der Waals surface area (Å²) in [6, 6.07) is 17.8. The fourth-order valence-electron chi connectivity index (χ4n) is 5.24. The second-order valence-corrected chi connectivity index (χ2v) is 8.90. The van der Waals surface area contributed by atoms with Gasteiger partial charge in [-0.25, -0.2) is 0 Å². The van der Waals surface area contributed by atoms with Gasteiger partial charge in [0.05, 0.1) is 6.54 Å². The molecule has 2 aromatic carbocycles. The van der Waals surface area contributed by atoms with Crippen molar-refractivity contribution in [1.82, 2.24) is 15.1 Å². The summed E-state index contributed by atoms with van der Waals surface area (Å²) >= 11 is 0. The molecule has 2 heterocycles. The minimum atomic E-state index is 0.135. The highest BCUT2D eigenvalue weighted by molar-refractivity contribution is 5.78. The summed E-state index contributed by atoms with van der Waals surface area (Å²) in [5, 5.41) is 3.32. The predicted molar refractivity (Wildman–Crippen MR) is 118 cm³/mol. The fraction of sp³-hybridized carbons (Fsp3) is 0.480. The van der Waals surface area contributed by atoms with Crippen molar-refractivity contribution >= 4 is 5.91 Å². The van der Waals surface area contributed by atoms with Crippen LogP contribution in [0.15, 0.2) is 48.5 Å². The van der Waals surface area contributed by atoms with E-state index in [1.807, 2.05) is 18.2 Å². The van der Waals surface area contributed by atoms with E-state index < -0.39 is 0 Å². The van der Waals surface area contributed by atoms with Crippen LogP contribution in [-0.4, -0.2) is 60.6 Å². The summed E-state index contributed by atoms with van der Waals surface area (Å²) in [5.41, 5.74) is 4.15. The van der Waals surface area contributed by atoms with E-state index in [9.17, 15) is 4.79 Å². The zero-order valence-electron chi connectivity index (χ0n) is 17.6. The van der Waals surface area contributed by atoms with Gasteiger partial charge < -0.3 is 10.1 Å². The third-order valence-electron chi connectivity index (χ3n) is 6.76. The van der Waals surface area contributed by atoms with Crippen molar-refractivity contribution in [1.29, 1.82) is 0 Å². The molecule has 0 aromatic heterocycles. The van der Waals surface area contributed by atoms with Gasteiger partial charge in [0.2, 0.25) is 5.91 Å². The second-order valence-electron chi connectivity index (χ2n) is 8.90. The number of benzene rings is 2. The van der Waals surface area contributed by atoms with E-state index in [0.29, 0.717) is 19.2 Å². The number of para-hydroxylation sites is 1. The number of rotatable bonds is 4. The topological polar surface area (TPSA) is 44.8 Å². The molecule has 1 amide bonds. The Morgan fingerprint density at radius 2 is 1.73 bits per heavy atom. The summed E-state index contributed by atoms with van der Waals surface area (Å²) in [5.74, 6) is 1.08. The van der Waals surface area contributed by atoms with Crippen LogP contribution >= 0.6 is 0 Å². The number of hydrogen-bond acceptors (Lipinski definition) is 4. The largest absolute Gasteiger partial charge is 0.492 e. The van der Waals surface area contributed by atoms with Crippen LogP contribution in [0.2, 0.25) is 0 Å². The van der Waals surface area contributed by atoms with Crippen LogP contribution in [0.4, 0.5) is 0 Å². The Labute approximate surface area is 179 Å². The van der Waals surface area contributed by atoms with Gasteiger partial charge in [0.25, 0.3) is 0 Å². The molecule has 5 nitrogen and oxygen atoms in total. The standard InChI is InChI=1S/C25H31N3O2/c29-25(18-27-12-13-30-24-10-4-3-8-21(24)16-27)26-22-9-5-11-28(17-22)23-14-19-6-1-2-7-20(19)15-23/h1-4,6-8,10,22-23H,5,9,11-18H2,(H,26,29)/t22-/m1/s1. The van der Waals surface area contributed by atoms with E-state index in [1.165, 1.54) is 11.1 Å². The van der Waals surface area contributed by atoms with Crippen molar-refractivity contribution in [3.8, 4) is 5.75 Å². The molecule has 0 bridgehead atoms. The molecule has 1 saturated heterocycles. The van der Waals surface area contributed by atoms with Gasteiger partial charge >= 0.3 is 0 Å². The van der Waals surface area contributed by atoms with E-state index in [4.69, 9.17) is 4.74 Å². The highest BCUT2D eigenvalue weighted by Crippen LogP contribution is 2.27. The number of fused-ring (bicyclic) bond motifs is 2. The van der Waals surface area contributed by atoms with Crippen molar-refractivity contribution in [3.05, 3.63) is 65.2 Å². The molecule has 158 valence electrons. The molecule has 0 radical (unpaired) electrons. The third kappa shape index (κ3) is 4.37. The predicted octanol–water partition coefficient (Wildman–Crippen LogP) is 2.63. The summed E-state index contributed by atoms with van der Waals surface area (Å²) < 4.78 is 5.83. The summed E-state index contributed by atoms with van der Waals surface area (Å²) in [6.45, 7) is 4.72. The SMILES string of the molecule is O=C(CN1CCOc2ccccc2C1)N[C@@H]1CCCN(C2Cc3ccccc3C2)C1. The summed E-state index contributed by atoms with van der Waals surface area (Å²) in [7, 11) is 0. The number of hydrogen-bond donors (Lipinski definition) is 1. The number of carbonyl (C=O) groups is 1. The highest BCUT2D eigenvalue weighted by atomic mass is 16.5. The summed E-state index contributed by atoms with van der Waals surface area (Å²) in [4.78, 5) is 17.6. The molecule has 2 aliphatic heterocycles. The van der Waals surface area contributed by atoms with Crippen LogP contribution < -0.4 is 10.1 Å². The van der Waals surface area contributed by atoms with Gasteiger partial charge in [-0.15, -0.1) is 0 Å². The van der Waals surface area contributed by atoms with Gasteiger partial charge in [0.15, 0.2) is 0 Å². The highest BCUT2D eigenvalue weighted by Gasteiger charge is 2.31. The van der Waals surface area contributed by atoms with E-state index >= 15 is 0 Å². The first-order valence-electron chi connectivity index (χ1n) is 11.3. The van der Waals surface area contributed by atoms with Crippen LogP contribution in [0, 0.1) is 0 Å². The van der Waals surface area contributed by atoms with Gasteiger partial charge in [0.1, 0.15) is 12.4 Å². The third-order valence-corrected chi connectivity index (χ3v) is 6.76. The molecule has 1 N–H and O–H groups in total. The average molecular weight is 406 g/mol. The molecule has 0 unspecified atom stereocenters. The van der Waals surface area contributed by atoms with E-state index in [1.54, 1.807) is 0 Å². The molecule has 3 aliphatic rings. The number of amides is 1. The Balaban J connectivity index is 1.14. The smallest absolute Gasteiger partial charge is 0.234 e. The maximum atomic E-state index is 12.8. The van der Waals surface area contributed by atoms with Gasteiger partial charge in [-0.1, -0.05) is 42.5 Å². The Kier molecular flexibility index (Phi) is 5.73. The quantitative estimate of drug-likeness (QED) is 0.849. The van der Waals surface area contributed by atoms with Crippen molar-refractivity contribution in [2.75, 3.05) is 32.8 Å². The normalized spacial score (nSPS) is 22.6. The van der Waals surface area contributed by atoms with Crippen LogP contribution in [0.5, 0.6) is 5.75 Å². The molecule has 1 aliphatic carbocycles. The molecule has 5 rings (SSSR count). The first kappa shape index (κ1) is 19.6. The minimum absolute atomic E-state index is 0.135. The lowest BCUT2D eigenvalue weighted by Gasteiger charge is -2.37. The molecule has 5 heteroatoms. The van der Waals surface area contributed by atoms with Gasteiger partial charge in [-0.3, -0.25) is 14.6 Å². The zero-order valence-corrected chi connectivity index (χ0v) is 17.6. The monoisotopic (exact) mass is 405 g/mol. The van der Waals surface area contributed by atoms with E-state index in [2.05, 4.69) is 45.4 Å². The molecular formula is C25H31N3O2.